The molecular formula is C13H16ClNO2. The van der Waals surface area contributed by atoms with Gasteiger partial charge in [-0.05, 0) is 38.1 Å². The molecular weight excluding hydrogens is 238 g/mol. The molecule has 0 bridgehead atoms. The van der Waals surface area contributed by atoms with E-state index >= 15 is 0 Å². The van der Waals surface area contributed by atoms with E-state index in [4.69, 9.17) is 16.3 Å². The van der Waals surface area contributed by atoms with Gasteiger partial charge in [0.2, 0.25) is 0 Å². The van der Waals surface area contributed by atoms with E-state index in [0.717, 1.165) is 25.9 Å². The zero-order valence-corrected chi connectivity index (χ0v) is 10.4. The zero-order valence-electron chi connectivity index (χ0n) is 9.62. The van der Waals surface area contributed by atoms with Crippen LogP contribution in [-0.4, -0.2) is 31.6 Å². The molecule has 1 aromatic carbocycles. The number of rotatable bonds is 4. The molecule has 1 aliphatic heterocycles. The molecule has 0 radical (unpaired) electrons. The van der Waals surface area contributed by atoms with Crippen molar-refractivity contribution >= 4 is 17.4 Å². The van der Waals surface area contributed by atoms with E-state index in [9.17, 15) is 4.79 Å². The molecule has 3 nitrogen and oxygen atoms in total. The van der Waals surface area contributed by atoms with E-state index < -0.39 is 0 Å². The summed E-state index contributed by atoms with van der Waals surface area (Å²) in [6.45, 7) is 2.08. The molecule has 1 saturated heterocycles. The molecule has 0 saturated carbocycles. The highest BCUT2D eigenvalue weighted by Gasteiger charge is 2.15. The van der Waals surface area contributed by atoms with E-state index in [2.05, 4.69) is 5.32 Å². The second kappa shape index (κ2) is 6.15. The SMILES string of the molecule is O=C(COC1CCNCC1)c1cccc(Cl)c1. The van der Waals surface area contributed by atoms with Crippen LogP contribution in [0.4, 0.5) is 0 Å². The van der Waals surface area contributed by atoms with Gasteiger partial charge in [0.25, 0.3) is 0 Å². The maximum absolute atomic E-state index is 11.8. The van der Waals surface area contributed by atoms with Crippen LogP contribution in [0.2, 0.25) is 5.02 Å². The Morgan fingerprint density at radius 1 is 1.41 bits per heavy atom. The highest BCUT2D eigenvalue weighted by Crippen LogP contribution is 2.13. The lowest BCUT2D eigenvalue weighted by Crippen LogP contribution is -2.33. The fraction of sp³-hybridized carbons (Fsp3) is 0.462. The fourth-order valence-corrected chi connectivity index (χ4v) is 2.09. The Labute approximate surface area is 106 Å². The van der Waals surface area contributed by atoms with Crippen molar-refractivity contribution in [3.63, 3.8) is 0 Å². The van der Waals surface area contributed by atoms with E-state index in [-0.39, 0.29) is 18.5 Å². The minimum absolute atomic E-state index is 0.00830. The molecule has 0 atom stereocenters. The summed E-state index contributed by atoms with van der Waals surface area (Å²) in [5, 5.41) is 3.84. The van der Waals surface area contributed by atoms with Crippen LogP contribution in [0, 0.1) is 0 Å². The largest absolute Gasteiger partial charge is 0.370 e. The molecule has 1 fully saturated rings. The molecule has 0 aliphatic carbocycles. The number of carbonyl (C=O) groups excluding carboxylic acids is 1. The lowest BCUT2D eigenvalue weighted by molar-refractivity contribution is 0.0318. The summed E-state index contributed by atoms with van der Waals surface area (Å²) in [7, 11) is 0. The first-order chi connectivity index (χ1) is 8.25. The molecule has 92 valence electrons. The van der Waals surface area contributed by atoms with E-state index in [1.807, 2.05) is 0 Å². The molecule has 1 aromatic rings. The van der Waals surface area contributed by atoms with Crippen molar-refractivity contribution in [2.75, 3.05) is 19.7 Å². The second-order valence-electron chi connectivity index (χ2n) is 4.19. The molecule has 4 heteroatoms. The number of piperidine rings is 1. The fourth-order valence-electron chi connectivity index (χ4n) is 1.90. The molecule has 0 unspecified atom stereocenters. The van der Waals surface area contributed by atoms with Crippen LogP contribution in [0.15, 0.2) is 24.3 Å². The number of ketones is 1. The van der Waals surface area contributed by atoms with Crippen LogP contribution in [0.25, 0.3) is 0 Å². The molecule has 0 amide bonds. The van der Waals surface area contributed by atoms with Gasteiger partial charge in [-0.1, -0.05) is 23.7 Å². The summed E-state index contributed by atoms with van der Waals surface area (Å²) >= 11 is 5.84. The van der Waals surface area contributed by atoms with E-state index in [1.54, 1.807) is 24.3 Å². The summed E-state index contributed by atoms with van der Waals surface area (Å²) < 4.78 is 5.61. The minimum Gasteiger partial charge on any atom is -0.370 e. The maximum atomic E-state index is 11.8. The van der Waals surface area contributed by atoms with Crippen molar-refractivity contribution in [2.45, 2.75) is 18.9 Å². The maximum Gasteiger partial charge on any atom is 0.188 e. The van der Waals surface area contributed by atoms with Crippen molar-refractivity contribution in [2.24, 2.45) is 0 Å². The Morgan fingerprint density at radius 3 is 2.88 bits per heavy atom. The number of Topliss-reactive ketones (excluding diaryl/α,β-unsaturated/α-hetero) is 1. The number of nitrogens with one attached hydrogen (secondary N) is 1. The Hall–Kier alpha value is -0.900. The highest BCUT2D eigenvalue weighted by molar-refractivity contribution is 6.31. The number of ether oxygens (including phenoxy) is 1. The predicted molar refractivity (Wildman–Crippen MR) is 67.6 cm³/mol. The Morgan fingerprint density at radius 2 is 2.18 bits per heavy atom. The summed E-state index contributed by atoms with van der Waals surface area (Å²) in [4.78, 5) is 11.8. The summed E-state index contributed by atoms with van der Waals surface area (Å²) in [5.74, 6) is -0.00830. The van der Waals surface area contributed by atoms with Crippen molar-refractivity contribution in [3.05, 3.63) is 34.9 Å². The molecule has 1 aliphatic rings. The number of carbonyl (C=O) groups is 1. The smallest absolute Gasteiger partial charge is 0.188 e. The normalized spacial score (nSPS) is 17.0. The molecule has 1 heterocycles. The van der Waals surface area contributed by atoms with E-state index in [0.29, 0.717) is 10.6 Å². The number of halogens is 1. The Balaban J connectivity index is 1.84. The van der Waals surface area contributed by atoms with Gasteiger partial charge >= 0.3 is 0 Å². The molecule has 17 heavy (non-hydrogen) atoms. The highest BCUT2D eigenvalue weighted by atomic mass is 35.5. The van der Waals surface area contributed by atoms with Crippen molar-refractivity contribution < 1.29 is 9.53 Å². The topological polar surface area (TPSA) is 38.3 Å². The predicted octanol–water partition coefficient (Wildman–Crippen LogP) is 2.29. The van der Waals surface area contributed by atoms with Gasteiger partial charge in [0.15, 0.2) is 5.78 Å². The van der Waals surface area contributed by atoms with Gasteiger partial charge in [-0.15, -0.1) is 0 Å². The Kier molecular flexibility index (Phi) is 4.54. The van der Waals surface area contributed by atoms with Gasteiger partial charge in [0.1, 0.15) is 6.61 Å². The van der Waals surface area contributed by atoms with Crippen LogP contribution in [0.1, 0.15) is 23.2 Å². The quantitative estimate of drug-likeness (QED) is 0.837. The third-order valence-electron chi connectivity index (χ3n) is 2.88. The molecule has 2 rings (SSSR count). The van der Waals surface area contributed by atoms with Gasteiger partial charge in [0.05, 0.1) is 6.10 Å². The van der Waals surface area contributed by atoms with Gasteiger partial charge in [-0.3, -0.25) is 4.79 Å². The van der Waals surface area contributed by atoms with E-state index in [1.165, 1.54) is 0 Å². The number of hydrogen-bond acceptors (Lipinski definition) is 3. The standard InChI is InChI=1S/C13H16ClNO2/c14-11-3-1-2-10(8-11)13(16)9-17-12-4-6-15-7-5-12/h1-3,8,12,15H,4-7,9H2. The molecule has 0 spiro atoms. The first-order valence-corrected chi connectivity index (χ1v) is 6.24. The van der Waals surface area contributed by atoms with Crippen LogP contribution >= 0.6 is 11.6 Å². The number of benzene rings is 1. The first kappa shape index (κ1) is 12.6. The third kappa shape index (κ3) is 3.80. The van der Waals surface area contributed by atoms with Gasteiger partial charge in [-0.25, -0.2) is 0 Å². The first-order valence-electron chi connectivity index (χ1n) is 5.87. The average Bonchev–Trinajstić information content (AvgIpc) is 2.37. The van der Waals surface area contributed by atoms with Crippen LogP contribution < -0.4 is 5.32 Å². The second-order valence-corrected chi connectivity index (χ2v) is 4.63. The minimum atomic E-state index is -0.00830. The van der Waals surface area contributed by atoms with Crippen LogP contribution in [-0.2, 0) is 4.74 Å². The molecule has 1 N–H and O–H groups in total. The zero-order chi connectivity index (χ0) is 12.1. The lowest BCUT2D eigenvalue weighted by Gasteiger charge is -2.22. The monoisotopic (exact) mass is 253 g/mol. The average molecular weight is 254 g/mol. The number of hydrogen-bond donors (Lipinski definition) is 1. The third-order valence-corrected chi connectivity index (χ3v) is 3.12. The van der Waals surface area contributed by atoms with Gasteiger partial charge in [0, 0.05) is 10.6 Å². The van der Waals surface area contributed by atoms with Crippen molar-refractivity contribution in [3.8, 4) is 0 Å². The van der Waals surface area contributed by atoms with Crippen molar-refractivity contribution in [1.29, 1.82) is 0 Å². The van der Waals surface area contributed by atoms with Gasteiger partial charge in [-0.2, -0.15) is 0 Å². The summed E-state index contributed by atoms with van der Waals surface area (Å²) in [5.41, 5.74) is 0.617. The van der Waals surface area contributed by atoms with Crippen LogP contribution in [0.3, 0.4) is 0 Å². The van der Waals surface area contributed by atoms with Gasteiger partial charge < -0.3 is 10.1 Å². The summed E-state index contributed by atoms with van der Waals surface area (Å²) in [6.07, 6.45) is 2.16. The van der Waals surface area contributed by atoms with Crippen LogP contribution in [0.5, 0.6) is 0 Å². The molecule has 0 aromatic heterocycles. The summed E-state index contributed by atoms with van der Waals surface area (Å²) in [6, 6.07) is 6.97. The van der Waals surface area contributed by atoms with Crippen molar-refractivity contribution in [1.82, 2.24) is 5.32 Å². The Bertz CT molecular complexity index is 389. The lowest BCUT2D eigenvalue weighted by atomic mass is 10.1.